The molecular weight excluding hydrogens is 250 g/mol. The first-order chi connectivity index (χ1) is 7.53. The van der Waals surface area contributed by atoms with E-state index in [1.165, 1.54) is 0 Å². The molecule has 1 aliphatic rings. The highest BCUT2D eigenvalue weighted by Crippen LogP contribution is 2.17. The van der Waals surface area contributed by atoms with Crippen molar-refractivity contribution in [3.8, 4) is 0 Å². The van der Waals surface area contributed by atoms with Gasteiger partial charge in [0.1, 0.15) is 0 Å². The molecule has 1 atom stereocenters. The average Bonchev–Trinajstić information content (AvgIpc) is 2.56. The number of amides is 1. The van der Waals surface area contributed by atoms with E-state index in [-0.39, 0.29) is 23.3 Å². The summed E-state index contributed by atoms with van der Waals surface area (Å²) in [5.74, 6) is 1.15. The molecule has 16 heavy (non-hydrogen) atoms. The molecule has 94 valence electrons. The smallest absolute Gasteiger partial charge is 0.220 e. The van der Waals surface area contributed by atoms with Gasteiger partial charge in [-0.1, -0.05) is 0 Å². The number of carbonyl (C=O) groups is 1. The Bertz CT molecular complexity index is 329. The van der Waals surface area contributed by atoms with Crippen molar-refractivity contribution in [3.05, 3.63) is 0 Å². The van der Waals surface area contributed by atoms with Crippen molar-refractivity contribution in [1.29, 1.82) is 0 Å². The number of halogens is 1. The Kier molecular flexibility index (Phi) is 5.55. The molecule has 1 N–H and O–H groups in total. The Labute approximate surface area is 102 Å². The molecule has 0 aromatic heterocycles. The van der Waals surface area contributed by atoms with Gasteiger partial charge in [-0.3, -0.25) is 4.79 Å². The second-order valence-corrected chi connectivity index (χ2v) is 6.83. The summed E-state index contributed by atoms with van der Waals surface area (Å²) in [7, 11) is -2.83. The van der Waals surface area contributed by atoms with E-state index < -0.39 is 9.84 Å². The molecule has 0 bridgehead atoms. The number of alkyl halides is 1. The zero-order valence-corrected chi connectivity index (χ0v) is 10.8. The summed E-state index contributed by atoms with van der Waals surface area (Å²) in [6.07, 6.45) is 2.78. The molecule has 0 spiro atoms. The van der Waals surface area contributed by atoms with Gasteiger partial charge >= 0.3 is 0 Å². The first-order valence-corrected chi connectivity index (χ1v) is 7.92. The van der Waals surface area contributed by atoms with Gasteiger partial charge < -0.3 is 5.32 Å². The lowest BCUT2D eigenvalue weighted by molar-refractivity contribution is -0.121. The van der Waals surface area contributed by atoms with Crippen molar-refractivity contribution in [3.63, 3.8) is 0 Å². The predicted octanol–water partition coefficient (Wildman–Crippen LogP) is 0.946. The number of unbranched alkanes of at least 4 members (excludes halogenated alkanes) is 1. The highest BCUT2D eigenvalue weighted by Gasteiger charge is 2.27. The molecule has 0 aromatic rings. The molecule has 1 amide bonds. The zero-order chi connectivity index (χ0) is 12.0. The number of rotatable bonds is 6. The number of sulfone groups is 1. The Hall–Kier alpha value is -0.290. The molecule has 0 aromatic carbocycles. The summed E-state index contributed by atoms with van der Waals surface area (Å²) in [5, 5.41) is 2.77. The van der Waals surface area contributed by atoms with Crippen molar-refractivity contribution in [2.45, 2.75) is 25.7 Å². The SMILES string of the molecule is O=C(CCCCCl)NCC1CCS(=O)(=O)C1. The Balaban J connectivity index is 2.13. The molecule has 6 heteroatoms. The van der Waals surface area contributed by atoms with Gasteiger partial charge in [0.25, 0.3) is 0 Å². The van der Waals surface area contributed by atoms with Gasteiger partial charge in [0, 0.05) is 18.8 Å². The average molecular weight is 268 g/mol. The summed E-state index contributed by atoms with van der Waals surface area (Å²) in [6.45, 7) is 0.485. The minimum atomic E-state index is -2.83. The molecule has 1 saturated heterocycles. The molecule has 1 heterocycles. The molecule has 1 fully saturated rings. The molecule has 1 unspecified atom stereocenters. The summed E-state index contributed by atoms with van der Waals surface area (Å²) >= 11 is 5.50. The Morgan fingerprint density at radius 1 is 1.38 bits per heavy atom. The maximum Gasteiger partial charge on any atom is 0.220 e. The predicted molar refractivity (Wildman–Crippen MR) is 64.3 cm³/mol. The summed E-state index contributed by atoms with van der Waals surface area (Å²) < 4.78 is 22.3. The van der Waals surface area contributed by atoms with Crippen molar-refractivity contribution in [2.24, 2.45) is 5.92 Å². The van der Waals surface area contributed by atoms with Crippen LogP contribution in [0.25, 0.3) is 0 Å². The van der Waals surface area contributed by atoms with Crippen LogP contribution in [0.15, 0.2) is 0 Å². The van der Waals surface area contributed by atoms with Crippen molar-refractivity contribution in [2.75, 3.05) is 23.9 Å². The third-order valence-electron chi connectivity index (χ3n) is 2.70. The van der Waals surface area contributed by atoms with Crippen LogP contribution in [0.2, 0.25) is 0 Å². The Morgan fingerprint density at radius 2 is 2.12 bits per heavy atom. The van der Waals surface area contributed by atoms with Crippen molar-refractivity contribution in [1.82, 2.24) is 5.32 Å². The van der Waals surface area contributed by atoms with Gasteiger partial charge in [-0.05, 0) is 25.2 Å². The highest BCUT2D eigenvalue weighted by molar-refractivity contribution is 7.91. The van der Waals surface area contributed by atoms with E-state index >= 15 is 0 Å². The molecule has 0 radical (unpaired) electrons. The van der Waals surface area contributed by atoms with Crippen molar-refractivity contribution >= 4 is 27.3 Å². The Morgan fingerprint density at radius 3 is 2.69 bits per heavy atom. The van der Waals surface area contributed by atoms with Crippen LogP contribution in [0, 0.1) is 5.92 Å². The van der Waals surface area contributed by atoms with E-state index in [1.54, 1.807) is 0 Å². The van der Waals surface area contributed by atoms with Crippen LogP contribution in [0.1, 0.15) is 25.7 Å². The van der Waals surface area contributed by atoms with Crippen LogP contribution in [0.3, 0.4) is 0 Å². The molecular formula is C10H18ClNO3S. The summed E-state index contributed by atoms with van der Waals surface area (Å²) in [4.78, 5) is 11.3. The van der Waals surface area contributed by atoms with E-state index in [0.29, 0.717) is 25.3 Å². The lowest BCUT2D eigenvalue weighted by atomic mass is 10.1. The monoisotopic (exact) mass is 267 g/mol. The maximum absolute atomic E-state index is 11.3. The second kappa shape index (κ2) is 6.45. The standard InChI is InChI=1S/C10H18ClNO3S/c11-5-2-1-3-10(13)12-7-9-4-6-16(14,15)8-9/h9H,1-8H2,(H,12,13). The van der Waals surface area contributed by atoms with E-state index in [4.69, 9.17) is 11.6 Å². The minimum absolute atomic E-state index is 0.00517. The van der Waals surface area contributed by atoms with E-state index in [0.717, 1.165) is 12.8 Å². The van der Waals surface area contributed by atoms with Crippen LogP contribution in [-0.2, 0) is 14.6 Å². The lowest BCUT2D eigenvalue weighted by Crippen LogP contribution is -2.29. The zero-order valence-electron chi connectivity index (χ0n) is 9.25. The van der Waals surface area contributed by atoms with E-state index in [1.807, 2.05) is 0 Å². The third-order valence-corrected chi connectivity index (χ3v) is 4.81. The van der Waals surface area contributed by atoms with Crippen LogP contribution >= 0.6 is 11.6 Å². The number of carbonyl (C=O) groups excluding carboxylic acids is 1. The third kappa shape index (κ3) is 5.16. The molecule has 4 nitrogen and oxygen atoms in total. The topological polar surface area (TPSA) is 63.2 Å². The van der Waals surface area contributed by atoms with Gasteiger partial charge in [-0.15, -0.1) is 11.6 Å². The van der Waals surface area contributed by atoms with Gasteiger partial charge in [0.2, 0.25) is 5.91 Å². The highest BCUT2D eigenvalue weighted by atomic mass is 35.5. The van der Waals surface area contributed by atoms with Crippen LogP contribution in [-0.4, -0.2) is 38.3 Å². The van der Waals surface area contributed by atoms with Crippen molar-refractivity contribution < 1.29 is 13.2 Å². The number of hydrogen-bond donors (Lipinski definition) is 1. The normalized spacial score (nSPS) is 23.2. The largest absolute Gasteiger partial charge is 0.356 e. The summed E-state index contributed by atoms with van der Waals surface area (Å²) in [6, 6.07) is 0. The second-order valence-electron chi connectivity index (χ2n) is 4.22. The molecule has 0 saturated carbocycles. The molecule has 1 rings (SSSR count). The minimum Gasteiger partial charge on any atom is -0.356 e. The van der Waals surface area contributed by atoms with Gasteiger partial charge in [0.05, 0.1) is 11.5 Å². The first kappa shape index (κ1) is 13.8. The van der Waals surface area contributed by atoms with Crippen LogP contribution < -0.4 is 5.32 Å². The lowest BCUT2D eigenvalue weighted by Gasteiger charge is -2.09. The number of hydrogen-bond acceptors (Lipinski definition) is 3. The maximum atomic E-state index is 11.3. The quantitative estimate of drug-likeness (QED) is 0.576. The fraction of sp³-hybridized carbons (Fsp3) is 0.900. The van der Waals surface area contributed by atoms with E-state index in [2.05, 4.69) is 5.32 Å². The van der Waals surface area contributed by atoms with Crippen LogP contribution in [0.5, 0.6) is 0 Å². The fourth-order valence-electron chi connectivity index (χ4n) is 1.76. The molecule has 1 aliphatic heterocycles. The summed E-state index contributed by atoms with van der Waals surface area (Å²) in [5.41, 5.74) is 0. The van der Waals surface area contributed by atoms with Gasteiger partial charge in [-0.2, -0.15) is 0 Å². The van der Waals surface area contributed by atoms with E-state index in [9.17, 15) is 13.2 Å². The first-order valence-electron chi connectivity index (χ1n) is 5.56. The fourth-order valence-corrected chi connectivity index (χ4v) is 3.81. The van der Waals surface area contributed by atoms with Gasteiger partial charge in [0.15, 0.2) is 9.84 Å². The molecule has 0 aliphatic carbocycles. The van der Waals surface area contributed by atoms with Crippen LogP contribution in [0.4, 0.5) is 0 Å². The number of nitrogens with one attached hydrogen (secondary N) is 1. The van der Waals surface area contributed by atoms with Gasteiger partial charge in [-0.25, -0.2) is 8.42 Å².